The van der Waals surface area contributed by atoms with Crippen molar-refractivity contribution in [3.63, 3.8) is 0 Å². The summed E-state index contributed by atoms with van der Waals surface area (Å²) in [6.07, 6.45) is 2.81. The highest BCUT2D eigenvalue weighted by Crippen LogP contribution is 1.98. The molecule has 1 aromatic heterocycles. The van der Waals surface area contributed by atoms with Crippen molar-refractivity contribution in [1.82, 2.24) is 4.98 Å². The molecule has 0 aromatic carbocycles. The summed E-state index contributed by atoms with van der Waals surface area (Å²) in [6, 6.07) is 3.06. The largest absolute Gasteiger partial charge is 0.476 e. The van der Waals surface area contributed by atoms with Crippen LogP contribution in [0.3, 0.4) is 0 Å². The summed E-state index contributed by atoms with van der Waals surface area (Å²) < 4.78 is 0. The SMILES string of the molecule is O=C(O)C(=NO)c1cccnc1. The highest BCUT2D eigenvalue weighted by molar-refractivity contribution is 6.42. The van der Waals surface area contributed by atoms with Gasteiger partial charge in [-0.1, -0.05) is 5.16 Å². The van der Waals surface area contributed by atoms with E-state index >= 15 is 0 Å². The molecule has 1 heterocycles. The molecule has 0 aliphatic rings. The molecule has 0 atom stereocenters. The van der Waals surface area contributed by atoms with Crippen LogP contribution in [0.5, 0.6) is 0 Å². The van der Waals surface area contributed by atoms with Crippen molar-refractivity contribution in [3.8, 4) is 0 Å². The Labute approximate surface area is 68.0 Å². The molecule has 0 spiro atoms. The second-order valence-corrected chi connectivity index (χ2v) is 2.00. The average molecular weight is 166 g/mol. The third kappa shape index (κ3) is 1.57. The van der Waals surface area contributed by atoms with Crippen LogP contribution in [0.4, 0.5) is 0 Å². The Morgan fingerprint density at radius 1 is 1.58 bits per heavy atom. The predicted molar refractivity (Wildman–Crippen MR) is 40.2 cm³/mol. The Morgan fingerprint density at radius 2 is 2.33 bits per heavy atom. The smallest absolute Gasteiger partial charge is 0.358 e. The number of carbonyl (C=O) groups is 1. The van der Waals surface area contributed by atoms with Crippen molar-refractivity contribution >= 4 is 11.7 Å². The molecule has 0 bridgehead atoms. The second-order valence-electron chi connectivity index (χ2n) is 2.00. The number of rotatable bonds is 2. The fraction of sp³-hybridized carbons (Fsp3) is 0. The molecular formula is C7H6N2O3. The average Bonchev–Trinajstić information content (AvgIpc) is 2.07. The molecule has 0 amide bonds. The Bertz CT molecular complexity index is 308. The number of nitrogens with zero attached hydrogens (tertiary/aromatic N) is 2. The van der Waals surface area contributed by atoms with Gasteiger partial charge in [-0.05, 0) is 12.1 Å². The zero-order valence-corrected chi connectivity index (χ0v) is 6.01. The summed E-state index contributed by atoms with van der Waals surface area (Å²) in [6.45, 7) is 0. The van der Waals surface area contributed by atoms with Gasteiger partial charge in [-0.3, -0.25) is 4.98 Å². The highest BCUT2D eigenvalue weighted by Gasteiger charge is 2.12. The molecule has 0 unspecified atom stereocenters. The van der Waals surface area contributed by atoms with Crippen molar-refractivity contribution in [3.05, 3.63) is 30.1 Å². The number of aromatic nitrogens is 1. The minimum atomic E-state index is -1.29. The van der Waals surface area contributed by atoms with Crippen LogP contribution in [0.2, 0.25) is 0 Å². The molecule has 0 saturated carbocycles. The van der Waals surface area contributed by atoms with Crippen molar-refractivity contribution < 1.29 is 15.1 Å². The van der Waals surface area contributed by atoms with Crippen molar-refractivity contribution in [2.75, 3.05) is 0 Å². The van der Waals surface area contributed by atoms with Gasteiger partial charge in [0, 0.05) is 18.0 Å². The van der Waals surface area contributed by atoms with Gasteiger partial charge in [-0.15, -0.1) is 0 Å². The van der Waals surface area contributed by atoms with E-state index < -0.39 is 11.7 Å². The summed E-state index contributed by atoms with van der Waals surface area (Å²) in [5.41, 5.74) is -0.143. The van der Waals surface area contributed by atoms with Gasteiger partial charge >= 0.3 is 5.97 Å². The van der Waals surface area contributed by atoms with E-state index in [2.05, 4.69) is 10.1 Å². The lowest BCUT2D eigenvalue weighted by atomic mass is 10.2. The van der Waals surface area contributed by atoms with Gasteiger partial charge < -0.3 is 10.3 Å². The molecular weight excluding hydrogens is 160 g/mol. The standard InChI is InChI=1S/C7H6N2O3/c10-7(11)6(9-12)5-2-1-3-8-4-5/h1-4,12H,(H,10,11). The van der Waals surface area contributed by atoms with Gasteiger partial charge in [0.15, 0.2) is 5.71 Å². The molecule has 0 fully saturated rings. The van der Waals surface area contributed by atoms with Gasteiger partial charge in [0.25, 0.3) is 0 Å². The number of aliphatic carboxylic acids is 1. The molecule has 1 aromatic rings. The zero-order valence-electron chi connectivity index (χ0n) is 6.01. The van der Waals surface area contributed by atoms with Gasteiger partial charge in [-0.2, -0.15) is 0 Å². The van der Waals surface area contributed by atoms with Gasteiger partial charge in [0.05, 0.1) is 0 Å². The Balaban J connectivity index is 3.05. The van der Waals surface area contributed by atoms with Crippen LogP contribution in [-0.4, -0.2) is 27.0 Å². The minimum Gasteiger partial charge on any atom is -0.476 e. The Hall–Kier alpha value is -1.91. The molecule has 62 valence electrons. The fourth-order valence-corrected chi connectivity index (χ4v) is 0.727. The van der Waals surface area contributed by atoms with Crippen LogP contribution in [-0.2, 0) is 4.79 Å². The quantitative estimate of drug-likeness (QED) is 0.377. The van der Waals surface area contributed by atoms with E-state index in [-0.39, 0.29) is 5.56 Å². The summed E-state index contributed by atoms with van der Waals surface area (Å²) in [4.78, 5) is 14.1. The lowest BCUT2D eigenvalue weighted by molar-refractivity contribution is -0.129. The highest BCUT2D eigenvalue weighted by atomic mass is 16.4. The summed E-state index contributed by atoms with van der Waals surface area (Å²) >= 11 is 0. The number of carboxylic acid groups (broad SMARTS) is 1. The number of hydrogen-bond acceptors (Lipinski definition) is 4. The van der Waals surface area contributed by atoms with Gasteiger partial charge in [-0.25, -0.2) is 4.79 Å². The minimum absolute atomic E-state index is 0.271. The molecule has 5 heteroatoms. The fourth-order valence-electron chi connectivity index (χ4n) is 0.727. The molecule has 0 saturated heterocycles. The van der Waals surface area contributed by atoms with E-state index in [1.54, 1.807) is 6.07 Å². The van der Waals surface area contributed by atoms with E-state index in [9.17, 15) is 4.79 Å². The summed E-state index contributed by atoms with van der Waals surface area (Å²) in [5, 5.41) is 19.5. The Morgan fingerprint density at radius 3 is 2.75 bits per heavy atom. The third-order valence-electron chi connectivity index (χ3n) is 1.24. The lowest BCUT2D eigenvalue weighted by Crippen LogP contribution is -2.14. The van der Waals surface area contributed by atoms with E-state index in [4.69, 9.17) is 10.3 Å². The summed E-state index contributed by atoms with van der Waals surface area (Å²) in [7, 11) is 0. The maximum atomic E-state index is 10.4. The molecule has 12 heavy (non-hydrogen) atoms. The monoisotopic (exact) mass is 166 g/mol. The first kappa shape index (κ1) is 8.19. The first-order valence-electron chi connectivity index (χ1n) is 3.11. The van der Waals surface area contributed by atoms with Crippen LogP contribution in [0.1, 0.15) is 5.56 Å². The third-order valence-corrected chi connectivity index (χ3v) is 1.24. The molecule has 2 N–H and O–H groups in total. The molecule has 1 rings (SSSR count). The van der Waals surface area contributed by atoms with Crippen LogP contribution in [0.15, 0.2) is 29.7 Å². The van der Waals surface area contributed by atoms with Crippen molar-refractivity contribution in [1.29, 1.82) is 0 Å². The van der Waals surface area contributed by atoms with E-state index in [1.165, 1.54) is 18.5 Å². The maximum absolute atomic E-state index is 10.4. The van der Waals surface area contributed by atoms with E-state index in [0.29, 0.717) is 0 Å². The lowest BCUT2D eigenvalue weighted by Gasteiger charge is -1.95. The number of hydrogen-bond donors (Lipinski definition) is 2. The zero-order chi connectivity index (χ0) is 8.97. The van der Waals surface area contributed by atoms with Crippen molar-refractivity contribution in [2.45, 2.75) is 0 Å². The topological polar surface area (TPSA) is 82.8 Å². The van der Waals surface area contributed by atoms with Crippen LogP contribution < -0.4 is 0 Å². The first-order chi connectivity index (χ1) is 5.75. The molecule has 5 nitrogen and oxygen atoms in total. The second kappa shape index (κ2) is 3.47. The maximum Gasteiger partial charge on any atom is 0.358 e. The van der Waals surface area contributed by atoms with Gasteiger partial charge in [0.1, 0.15) is 0 Å². The summed E-state index contributed by atoms with van der Waals surface area (Å²) in [5.74, 6) is -1.29. The van der Waals surface area contributed by atoms with Gasteiger partial charge in [0.2, 0.25) is 0 Å². The first-order valence-corrected chi connectivity index (χ1v) is 3.11. The number of pyridine rings is 1. The normalized spacial score (nSPS) is 11.2. The molecule has 0 radical (unpaired) electrons. The van der Waals surface area contributed by atoms with E-state index in [0.717, 1.165) is 0 Å². The van der Waals surface area contributed by atoms with Crippen LogP contribution >= 0.6 is 0 Å². The predicted octanol–water partition coefficient (Wildman–Crippen LogP) is 0.344. The van der Waals surface area contributed by atoms with E-state index in [1.807, 2.05) is 0 Å². The van der Waals surface area contributed by atoms with Crippen LogP contribution in [0.25, 0.3) is 0 Å². The molecule has 0 aliphatic heterocycles. The number of carboxylic acids is 1. The Kier molecular flexibility index (Phi) is 2.37. The molecule has 0 aliphatic carbocycles. The number of oxime groups is 1. The van der Waals surface area contributed by atoms with Crippen LogP contribution in [0, 0.1) is 0 Å². The van der Waals surface area contributed by atoms with Crippen molar-refractivity contribution in [2.24, 2.45) is 5.16 Å².